The number of sulfonamides is 1. The standard InChI is InChI=1S/C16H24N2O2S/c1-15(2)14-9-11-5-6-12(21(19,20)17-4)10-13(11)16(15,3)7-8-18-14/h5-6,10,14,17-18H,7-9H2,1-4H3. The van der Waals surface area contributed by atoms with E-state index in [9.17, 15) is 8.42 Å². The summed E-state index contributed by atoms with van der Waals surface area (Å²) in [5.41, 5.74) is 2.61. The molecule has 1 aromatic carbocycles. The number of hydrogen-bond acceptors (Lipinski definition) is 3. The Hall–Kier alpha value is -0.910. The van der Waals surface area contributed by atoms with Gasteiger partial charge in [-0.25, -0.2) is 13.1 Å². The lowest BCUT2D eigenvalue weighted by atomic mass is 9.51. The highest BCUT2D eigenvalue weighted by atomic mass is 32.2. The third-order valence-electron chi connectivity index (χ3n) is 5.99. The van der Waals surface area contributed by atoms with E-state index in [1.807, 2.05) is 12.1 Å². The number of piperidine rings is 1. The Morgan fingerprint density at radius 1 is 1.29 bits per heavy atom. The van der Waals surface area contributed by atoms with Gasteiger partial charge >= 0.3 is 0 Å². The number of benzene rings is 1. The van der Waals surface area contributed by atoms with Gasteiger partial charge in [0.15, 0.2) is 0 Å². The van der Waals surface area contributed by atoms with E-state index in [2.05, 4.69) is 30.8 Å². The van der Waals surface area contributed by atoms with E-state index in [1.165, 1.54) is 18.2 Å². The maximum atomic E-state index is 12.1. The second-order valence-electron chi connectivity index (χ2n) is 7.04. The summed E-state index contributed by atoms with van der Waals surface area (Å²) in [5, 5.41) is 3.63. The van der Waals surface area contributed by atoms with Crippen LogP contribution in [-0.4, -0.2) is 28.1 Å². The second-order valence-corrected chi connectivity index (χ2v) is 8.93. The highest BCUT2D eigenvalue weighted by Crippen LogP contribution is 2.53. The molecule has 1 heterocycles. The molecule has 3 rings (SSSR count). The molecule has 0 spiro atoms. The largest absolute Gasteiger partial charge is 0.313 e. The van der Waals surface area contributed by atoms with Crippen molar-refractivity contribution in [2.24, 2.45) is 5.41 Å². The quantitative estimate of drug-likeness (QED) is 0.876. The first kappa shape index (κ1) is 15.0. The minimum Gasteiger partial charge on any atom is -0.313 e. The summed E-state index contributed by atoms with van der Waals surface area (Å²) < 4.78 is 26.6. The SMILES string of the molecule is CNS(=O)(=O)c1ccc2c(c1)C1(C)CCNC(C2)C1(C)C. The van der Waals surface area contributed by atoms with E-state index < -0.39 is 10.0 Å². The lowest BCUT2D eigenvalue weighted by molar-refractivity contribution is 0.0557. The highest BCUT2D eigenvalue weighted by Gasteiger charge is 2.53. The Bertz CT molecular complexity index is 682. The lowest BCUT2D eigenvalue weighted by Gasteiger charge is -2.57. The van der Waals surface area contributed by atoms with Gasteiger partial charge in [0.2, 0.25) is 10.0 Å². The van der Waals surface area contributed by atoms with Gasteiger partial charge in [-0.2, -0.15) is 0 Å². The van der Waals surface area contributed by atoms with Crippen LogP contribution in [0.2, 0.25) is 0 Å². The monoisotopic (exact) mass is 308 g/mol. The van der Waals surface area contributed by atoms with Crippen molar-refractivity contribution in [2.45, 2.75) is 50.0 Å². The molecule has 2 bridgehead atoms. The Labute approximate surface area is 127 Å². The molecule has 1 aliphatic carbocycles. The summed E-state index contributed by atoms with van der Waals surface area (Å²) >= 11 is 0. The van der Waals surface area contributed by atoms with Gasteiger partial charge in [-0.3, -0.25) is 0 Å². The predicted molar refractivity (Wildman–Crippen MR) is 83.9 cm³/mol. The molecule has 1 saturated heterocycles. The minimum atomic E-state index is -3.39. The van der Waals surface area contributed by atoms with Crippen LogP contribution in [0.15, 0.2) is 23.1 Å². The summed E-state index contributed by atoms with van der Waals surface area (Å²) in [4.78, 5) is 0.373. The molecule has 0 saturated carbocycles. The van der Waals surface area contributed by atoms with E-state index in [4.69, 9.17) is 0 Å². The summed E-state index contributed by atoms with van der Waals surface area (Å²) in [6.45, 7) is 7.87. The van der Waals surface area contributed by atoms with E-state index in [1.54, 1.807) is 6.07 Å². The molecule has 2 N–H and O–H groups in total. The van der Waals surface area contributed by atoms with Crippen LogP contribution in [0.25, 0.3) is 0 Å². The zero-order valence-electron chi connectivity index (χ0n) is 13.2. The normalized spacial score (nSPS) is 30.8. The topological polar surface area (TPSA) is 58.2 Å². The van der Waals surface area contributed by atoms with Crippen molar-refractivity contribution in [2.75, 3.05) is 13.6 Å². The average Bonchev–Trinajstić information content (AvgIpc) is 2.42. The van der Waals surface area contributed by atoms with Gasteiger partial charge in [0.25, 0.3) is 0 Å². The van der Waals surface area contributed by atoms with Gasteiger partial charge in [-0.15, -0.1) is 0 Å². The summed E-state index contributed by atoms with van der Waals surface area (Å²) in [6.07, 6.45) is 2.00. The molecule has 1 aromatic rings. The third kappa shape index (κ3) is 1.98. The van der Waals surface area contributed by atoms with Crippen LogP contribution < -0.4 is 10.0 Å². The highest BCUT2D eigenvalue weighted by molar-refractivity contribution is 7.89. The van der Waals surface area contributed by atoms with E-state index in [0.29, 0.717) is 10.9 Å². The van der Waals surface area contributed by atoms with Crippen molar-refractivity contribution in [3.63, 3.8) is 0 Å². The Kier molecular flexibility index (Phi) is 3.24. The summed E-state index contributed by atoms with van der Waals surface area (Å²) in [7, 11) is -1.93. The molecule has 4 nitrogen and oxygen atoms in total. The fourth-order valence-electron chi connectivity index (χ4n) is 4.02. The van der Waals surface area contributed by atoms with Crippen LogP contribution in [0.4, 0.5) is 0 Å². The molecule has 2 unspecified atom stereocenters. The summed E-state index contributed by atoms with van der Waals surface area (Å²) in [5.74, 6) is 0. The van der Waals surface area contributed by atoms with Gasteiger partial charge in [0, 0.05) is 11.5 Å². The molecule has 0 amide bonds. The van der Waals surface area contributed by atoms with Crippen molar-refractivity contribution >= 4 is 10.0 Å². The molecular formula is C16H24N2O2S. The number of hydrogen-bond donors (Lipinski definition) is 2. The molecule has 0 aromatic heterocycles. The van der Waals surface area contributed by atoms with Crippen LogP contribution in [-0.2, 0) is 21.9 Å². The van der Waals surface area contributed by atoms with Gasteiger partial charge < -0.3 is 5.32 Å². The van der Waals surface area contributed by atoms with Crippen molar-refractivity contribution < 1.29 is 8.42 Å². The molecule has 116 valence electrons. The van der Waals surface area contributed by atoms with Crippen molar-refractivity contribution in [3.05, 3.63) is 29.3 Å². The van der Waals surface area contributed by atoms with Crippen LogP contribution in [0.3, 0.4) is 0 Å². The molecule has 1 fully saturated rings. The van der Waals surface area contributed by atoms with Crippen LogP contribution >= 0.6 is 0 Å². The zero-order valence-corrected chi connectivity index (χ0v) is 14.0. The maximum absolute atomic E-state index is 12.1. The molecule has 1 aliphatic heterocycles. The molecule has 21 heavy (non-hydrogen) atoms. The van der Waals surface area contributed by atoms with Gasteiger partial charge in [0.1, 0.15) is 0 Å². The molecule has 5 heteroatoms. The third-order valence-corrected chi connectivity index (χ3v) is 7.40. The van der Waals surface area contributed by atoms with E-state index >= 15 is 0 Å². The first-order chi connectivity index (χ1) is 9.72. The summed E-state index contributed by atoms with van der Waals surface area (Å²) in [6, 6.07) is 6.06. The van der Waals surface area contributed by atoms with Gasteiger partial charge in [-0.1, -0.05) is 26.8 Å². The first-order valence-electron chi connectivity index (χ1n) is 7.53. The van der Waals surface area contributed by atoms with Crippen LogP contribution in [0.1, 0.15) is 38.3 Å². The zero-order chi connectivity index (χ0) is 15.5. The Morgan fingerprint density at radius 3 is 2.67 bits per heavy atom. The van der Waals surface area contributed by atoms with Crippen LogP contribution in [0.5, 0.6) is 0 Å². The first-order valence-corrected chi connectivity index (χ1v) is 9.01. The Balaban J connectivity index is 2.21. The predicted octanol–water partition coefficient (Wildman–Crippen LogP) is 1.80. The van der Waals surface area contributed by atoms with E-state index in [0.717, 1.165) is 19.4 Å². The smallest absolute Gasteiger partial charge is 0.240 e. The molecule has 2 aliphatic rings. The van der Waals surface area contributed by atoms with Crippen molar-refractivity contribution in [1.29, 1.82) is 0 Å². The fourth-order valence-corrected chi connectivity index (χ4v) is 4.78. The number of rotatable bonds is 2. The minimum absolute atomic E-state index is 0.00969. The van der Waals surface area contributed by atoms with Crippen molar-refractivity contribution in [1.82, 2.24) is 10.0 Å². The van der Waals surface area contributed by atoms with Crippen LogP contribution in [0, 0.1) is 5.41 Å². The second kappa shape index (κ2) is 4.54. The number of fused-ring (bicyclic) bond motifs is 4. The molecular weight excluding hydrogens is 284 g/mol. The fraction of sp³-hybridized carbons (Fsp3) is 0.625. The maximum Gasteiger partial charge on any atom is 0.240 e. The Morgan fingerprint density at radius 2 is 2.00 bits per heavy atom. The van der Waals surface area contributed by atoms with E-state index in [-0.39, 0.29) is 10.8 Å². The average molecular weight is 308 g/mol. The van der Waals surface area contributed by atoms with Crippen molar-refractivity contribution in [3.8, 4) is 0 Å². The lowest BCUT2D eigenvalue weighted by Crippen LogP contribution is -2.62. The number of nitrogens with one attached hydrogen (secondary N) is 2. The van der Waals surface area contributed by atoms with Gasteiger partial charge in [0.05, 0.1) is 4.90 Å². The molecule has 0 radical (unpaired) electrons. The van der Waals surface area contributed by atoms with Gasteiger partial charge in [-0.05, 0) is 55.1 Å². The molecule has 2 atom stereocenters.